The van der Waals surface area contributed by atoms with E-state index < -0.39 is 0 Å². The molecule has 1 atom stereocenters. The fraction of sp³-hybridized carbons (Fsp3) is 0.167. The van der Waals surface area contributed by atoms with E-state index in [1.807, 2.05) is 12.1 Å². The minimum absolute atomic E-state index is 0.0546. The van der Waals surface area contributed by atoms with Crippen molar-refractivity contribution in [1.82, 2.24) is 4.90 Å². The molecular weight excluding hydrogens is 302 g/mol. The van der Waals surface area contributed by atoms with E-state index >= 15 is 0 Å². The summed E-state index contributed by atoms with van der Waals surface area (Å²) < 4.78 is 0. The Morgan fingerprint density at radius 3 is 1.68 bits per heavy atom. The molecule has 0 fully saturated rings. The van der Waals surface area contributed by atoms with E-state index in [-0.39, 0.29) is 6.04 Å². The van der Waals surface area contributed by atoms with Crippen molar-refractivity contribution in [3.63, 3.8) is 0 Å². The van der Waals surface area contributed by atoms with Crippen LogP contribution in [0.2, 0.25) is 0 Å². The maximum absolute atomic E-state index is 5.96. The quantitative estimate of drug-likeness (QED) is 0.551. The molecule has 0 heterocycles. The number of rotatable bonds is 6. The van der Waals surface area contributed by atoms with Crippen molar-refractivity contribution in [2.24, 2.45) is 0 Å². The lowest BCUT2D eigenvalue weighted by Crippen LogP contribution is -2.27. The molecule has 0 spiro atoms. The van der Waals surface area contributed by atoms with Gasteiger partial charge in [-0.05, 0) is 23.6 Å². The molecule has 0 aliphatic rings. The molecule has 0 bridgehead atoms. The summed E-state index contributed by atoms with van der Waals surface area (Å²) >= 11 is 0. The summed E-state index contributed by atoms with van der Waals surface area (Å²) in [5.41, 5.74) is 4.95. The first kappa shape index (κ1) is 17.0. The zero-order valence-corrected chi connectivity index (χ0v) is 14.6. The molecule has 1 heteroatoms. The number of hydrogen-bond acceptors (Lipinski definition) is 1. The van der Waals surface area contributed by atoms with Crippen LogP contribution in [0, 0.1) is 19.3 Å². The third kappa shape index (κ3) is 4.59. The predicted molar refractivity (Wildman–Crippen MR) is 105 cm³/mol. The molecule has 3 aromatic rings. The van der Waals surface area contributed by atoms with E-state index in [0.717, 1.165) is 13.1 Å². The van der Waals surface area contributed by atoms with Gasteiger partial charge in [0, 0.05) is 13.1 Å². The van der Waals surface area contributed by atoms with Crippen molar-refractivity contribution in [3.8, 4) is 12.3 Å². The van der Waals surface area contributed by atoms with Crippen LogP contribution in [-0.2, 0) is 13.1 Å². The molecule has 124 valence electrons. The Bertz CT molecular complexity index is 772. The standard InChI is InChI=1S/C24H23N/c1-3-24(23-16-14-20(2)15-17-23)25(18-21-10-6-4-7-11-21)19-22-12-8-5-9-13-22/h1,4-17,24H,18-19H2,2H3. The van der Waals surface area contributed by atoms with Crippen LogP contribution in [0.3, 0.4) is 0 Å². The smallest absolute Gasteiger partial charge is 0.0973 e. The average Bonchev–Trinajstić information content (AvgIpc) is 2.65. The van der Waals surface area contributed by atoms with Crippen molar-refractivity contribution in [2.45, 2.75) is 26.1 Å². The maximum atomic E-state index is 5.96. The Morgan fingerprint density at radius 2 is 1.24 bits per heavy atom. The fourth-order valence-corrected chi connectivity index (χ4v) is 3.04. The lowest BCUT2D eigenvalue weighted by Gasteiger charge is -2.29. The first-order valence-corrected chi connectivity index (χ1v) is 8.61. The van der Waals surface area contributed by atoms with Gasteiger partial charge in [-0.25, -0.2) is 0 Å². The second kappa shape index (κ2) is 8.33. The van der Waals surface area contributed by atoms with Gasteiger partial charge in [-0.3, -0.25) is 4.90 Å². The van der Waals surface area contributed by atoms with Crippen LogP contribution in [0.1, 0.15) is 28.3 Å². The van der Waals surface area contributed by atoms with Gasteiger partial charge in [-0.2, -0.15) is 0 Å². The van der Waals surface area contributed by atoms with E-state index in [0.29, 0.717) is 0 Å². The number of nitrogens with zero attached hydrogens (tertiary/aromatic N) is 1. The molecule has 0 amide bonds. The highest BCUT2D eigenvalue weighted by atomic mass is 15.1. The number of terminal acetylenes is 1. The highest BCUT2D eigenvalue weighted by molar-refractivity contribution is 5.30. The molecule has 3 aromatic carbocycles. The summed E-state index contributed by atoms with van der Waals surface area (Å²) in [5.74, 6) is 3.00. The largest absolute Gasteiger partial charge is 0.278 e. The molecule has 0 aliphatic heterocycles. The van der Waals surface area contributed by atoms with E-state index in [2.05, 4.69) is 90.5 Å². The zero-order chi connectivity index (χ0) is 17.5. The van der Waals surface area contributed by atoms with Crippen LogP contribution < -0.4 is 0 Å². The predicted octanol–water partition coefficient (Wildman–Crippen LogP) is 5.37. The normalized spacial score (nSPS) is 11.9. The number of hydrogen-bond donors (Lipinski definition) is 0. The molecule has 0 radical (unpaired) electrons. The van der Waals surface area contributed by atoms with Gasteiger partial charge >= 0.3 is 0 Å². The molecule has 1 unspecified atom stereocenters. The van der Waals surface area contributed by atoms with E-state index in [1.54, 1.807) is 0 Å². The maximum Gasteiger partial charge on any atom is 0.0973 e. The molecule has 0 aromatic heterocycles. The lowest BCUT2D eigenvalue weighted by atomic mass is 10.0. The van der Waals surface area contributed by atoms with Gasteiger partial charge in [0.25, 0.3) is 0 Å². The minimum atomic E-state index is -0.0546. The van der Waals surface area contributed by atoms with Crippen LogP contribution in [0.25, 0.3) is 0 Å². The van der Waals surface area contributed by atoms with Gasteiger partial charge in [0.2, 0.25) is 0 Å². The van der Waals surface area contributed by atoms with Gasteiger partial charge in [-0.1, -0.05) is 96.4 Å². The third-order valence-electron chi connectivity index (χ3n) is 4.37. The van der Waals surface area contributed by atoms with Gasteiger partial charge in [0.05, 0.1) is 6.04 Å². The highest BCUT2D eigenvalue weighted by Crippen LogP contribution is 2.25. The summed E-state index contributed by atoms with van der Waals surface area (Å²) in [4.78, 5) is 2.36. The van der Waals surface area contributed by atoms with Crippen LogP contribution in [-0.4, -0.2) is 4.90 Å². The van der Waals surface area contributed by atoms with E-state index in [9.17, 15) is 0 Å². The number of benzene rings is 3. The summed E-state index contributed by atoms with van der Waals surface area (Å²) in [6, 6.07) is 29.5. The molecular formula is C24H23N. The van der Waals surface area contributed by atoms with E-state index in [4.69, 9.17) is 6.42 Å². The van der Waals surface area contributed by atoms with Crippen LogP contribution in [0.4, 0.5) is 0 Å². The molecule has 0 saturated heterocycles. The third-order valence-corrected chi connectivity index (χ3v) is 4.37. The average molecular weight is 325 g/mol. The lowest BCUT2D eigenvalue weighted by molar-refractivity contribution is 0.219. The Hall–Kier alpha value is -2.82. The van der Waals surface area contributed by atoms with Crippen molar-refractivity contribution < 1.29 is 0 Å². The van der Waals surface area contributed by atoms with Crippen molar-refractivity contribution in [2.75, 3.05) is 0 Å². The summed E-state index contributed by atoms with van der Waals surface area (Å²) in [5, 5.41) is 0. The highest BCUT2D eigenvalue weighted by Gasteiger charge is 2.19. The molecule has 0 N–H and O–H groups in total. The van der Waals surface area contributed by atoms with Gasteiger partial charge < -0.3 is 0 Å². The van der Waals surface area contributed by atoms with Crippen LogP contribution >= 0.6 is 0 Å². The Labute approximate surface area is 150 Å². The van der Waals surface area contributed by atoms with E-state index in [1.165, 1.54) is 22.3 Å². The van der Waals surface area contributed by atoms with Crippen molar-refractivity contribution >= 4 is 0 Å². The first-order chi connectivity index (χ1) is 12.3. The van der Waals surface area contributed by atoms with Crippen molar-refractivity contribution in [3.05, 3.63) is 107 Å². The second-order valence-corrected chi connectivity index (χ2v) is 6.36. The summed E-state index contributed by atoms with van der Waals surface area (Å²) in [6.07, 6.45) is 5.96. The van der Waals surface area contributed by atoms with Gasteiger partial charge in [-0.15, -0.1) is 6.42 Å². The summed E-state index contributed by atoms with van der Waals surface area (Å²) in [6.45, 7) is 3.73. The monoisotopic (exact) mass is 325 g/mol. The Kier molecular flexibility index (Phi) is 5.67. The molecule has 1 nitrogen and oxygen atoms in total. The summed E-state index contributed by atoms with van der Waals surface area (Å²) in [7, 11) is 0. The second-order valence-electron chi connectivity index (χ2n) is 6.36. The Morgan fingerprint density at radius 1 is 0.760 bits per heavy atom. The van der Waals surface area contributed by atoms with Gasteiger partial charge in [0.15, 0.2) is 0 Å². The zero-order valence-electron chi connectivity index (χ0n) is 14.6. The first-order valence-electron chi connectivity index (χ1n) is 8.61. The molecule has 0 aliphatic carbocycles. The minimum Gasteiger partial charge on any atom is -0.278 e. The topological polar surface area (TPSA) is 3.24 Å². The molecule has 25 heavy (non-hydrogen) atoms. The van der Waals surface area contributed by atoms with Crippen molar-refractivity contribution in [1.29, 1.82) is 0 Å². The number of aryl methyl sites for hydroxylation is 1. The fourth-order valence-electron chi connectivity index (χ4n) is 3.04. The molecule has 0 saturated carbocycles. The SMILES string of the molecule is C#CC(c1ccc(C)cc1)N(Cc1ccccc1)Cc1ccccc1. The van der Waals surface area contributed by atoms with Gasteiger partial charge in [0.1, 0.15) is 0 Å². The van der Waals surface area contributed by atoms with Crippen LogP contribution in [0.15, 0.2) is 84.9 Å². The Balaban J connectivity index is 1.90. The molecule has 3 rings (SSSR count). The van der Waals surface area contributed by atoms with Crippen LogP contribution in [0.5, 0.6) is 0 Å².